The van der Waals surface area contributed by atoms with Crippen LogP contribution in [0.3, 0.4) is 0 Å². The predicted octanol–water partition coefficient (Wildman–Crippen LogP) is 3.37. The Morgan fingerprint density at radius 1 is 1.10 bits per heavy atom. The van der Waals surface area contributed by atoms with Gasteiger partial charge in [0.1, 0.15) is 6.54 Å². The third-order valence-electron chi connectivity index (χ3n) is 4.97. The van der Waals surface area contributed by atoms with Crippen molar-refractivity contribution >= 4 is 47.2 Å². The molecule has 1 aliphatic rings. The summed E-state index contributed by atoms with van der Waals surface area (Å²) in [6, 6.07) is 14.6. The lowest BCUT2D eigenvalue weighted by Gasteiger charge is -2.27. The van der Waals surface area contributed by atoms with Gasteiger partial charge in [0, 0.05) is 24.5 Å². The first-order valence-corrected chi connectivity index (χ1v) is 11.2. The molecule has 2 aromatic rings. The molecule has 0 aliphatic carbocycles. The molecule has 1 aromatic carbocycles. The largest absolute Gasteiger partial charge is 0.357 e. The van der Waals surface area contributed by atoms with Crippen molar-refractivity contribution in [3.05, 3.63) is 58.3 Å². The van der Waals surface area contributed by atoms with E-state index in [-0.39, 0.29) is 36.4 Å². The summed E-state index contributed by atoms with van der Waals surface area (Å²) < 4.78 is 0. The summed E-state index contributed by atoms with van der Waals surface area (Å²) >= 11 is 1.80. The van der Waals surface area contributed by atoms with Gasteiger partial charge >= 0.3 is 0 Å². The number of halogens is 1. The number of nitrogens with zero attached hydrogens (tertiary/aromatic N) is 2. The number of carbonyl (C=O) groups is 1. The lowest BCUT2D eigenvalue weighted by Crippen LogP contribution is -2.43. The molecule has 1 aliphatic heterocycles. The second-order valence-corrected chi connectivity index (χ2v) is 8.09. The van der Waals surface area contributed by atoms with Gasteiger partial charge < -0.3 is 16.0 Å². The van der Waals surface area contributed by atoms with Crippen LogP contribution >= 0.6 is 35.3 Å². The summed E-state index contributed by atoms with van der Waals surface area (Å²) in [6.07, 6.45) is 2.52. The van der Waals surface area contributed by atoms with E-state index in [4.69, 9.17) is 0 Å². The van der Waals surface area contributed by atoms with Gasteiger partial charge in [-0.05, 0) is 49.9 Å². The highest BCUT2D eigenvalue weighted by atomic mass is 127. The van der Waals surface area contributed by atoms with Gasteiger partial charge in [0.2, 0.25) is 5.91 Å². The average Bonchev–Trinajstić information content (AvgIpc) is 3.46. The number of carbonyl (C=O) groups excluding carboxylic acids is 1. The maximum absolute atomic E-state index is 12.2. The minimum absolute atomic E-state index is 0. The van der Waals surface area contributed by atoms with Crippen molar-refractivity contribution in [1.29, 1.82) is 0 Å². The fraction of sp³-hybridized carbons (Fsp3) is 0.455. The molecule has 2 heterocycles. The molecular weight excluding hydrogens is 509 g/mol. The van der Waals surface area contributed by atoms with E-state index in [1.54, 1.807) is 11.3 Å². The van der Waals surface area contributed by atoms with E-state index in [9.17, 15) is 4.79 Å². The third-order valence-corrected chi connectivity index (χ3v) is 5.95. The zero-order valence-corrected chi connectivity index (χ0v) is 20.6. The number of benzene rings is 1. The fourth-order valence-corrected chi connectivity index (χ4v) is 4.34. The van der Waals surface area contributed by atoms with Crippen molar-refractivity contribution in [3.8, 4) is 0 Å². The predicted molar refractivity (Wildman–Crippen MR) is 136 cm³/mol. The van der Waals surface area contributed by atoms with E-state index in [2.05, 4.69) is 43.4 Å². The van der Waals surface area contributed by atoms with Gasteiger partial charge in [-0.25, -0.2) is 4.99 Å². The van der Waals surface area contributed by atoms with Crippen LogP contribution < -0.4 is 16.0 Å². The summed E-state index contributed by atoms with van der Waals surface area (Å²) in [7, 11) is 0. The second kappa shape index (κ2) is 13.6. The minimum atomic E-state index is -0.0830. The van der Waals surface area contributed by atoms with E-state index in [1.807, 2.05) is 37.3 Å². The first-order chi connectivity index (χ1) is 14.3. The quantitative estimate of drug-likeness (QED) is 0.259. The van der Waals surface area contributed by atoms with Crippen molar-refractivity contribution in [2.45, 2.75) is 32.4 Å². The molecule has 30 heavy (non-hydrogen) atoms. The van der Waals surface area contributed by atoms with Gasteiger partial charge in [0.25, 0.3) is 0 Å². The molecule has 8 heteroatoms. The monoisotopic (exact) mass is 541 g/mol. The third kappa shape index (κ3) is 7.88. The highest BCUT2D eigenvalue weighted by Crippen LogP contribution is 2.27. The summed E-state index contributed by atoms with van der Waals surface area (Å²) in [4.78, 5) is 20.6. The smallest absolute Gasteiger partial charge is 0.242 e. The van der Waals surface area contributed by atoms with Gasteiger partial charge in [-0.3, -0.25) is 9.69 Å². The van der Waals surface area contributed by atoms with E-state index < -0.39 is 0 Å². The van der Waals surface area contributed by atoms with Crippen molar-refractivity contribution in [2.75, 3.05) is 32.7 Å². The SMILES string of the molecule is CCNC(=NCC(=O)NCc1ccccc1)NCC(c1cccs1)N1CCCC1.I. The van der Waals surface area contributed by atoms with Crippen LogP contribution in [0, 0.1) is 0 Å². The molecule has 0 radical (unpaired) electrons. The summed E-state index contributed by atoms with van der Waals surface area (Å²) in [5, 5.41) is 11.7. The van der Waals surface area contributed by atoms with Gasteiger partial charge in [0.15, 0.2) is 5.96 Å². The van der Waals surface area contributed by atoms with Crippen LogP contribution in [0.15, 0.2) is 52.8 Å². The van der Waals surface area contributed by atoms with E-state index in [0.29, 0.717) is 18.5 Å². The Bertz CT molecular complexity index is 763. The molecule has 3 N–H and O–H groups in total. The van der Waals surface area contributed by atoms with Gasteiger partial charge in [-0.15, -0.1) is 35.3 Å². The Morgan fingerprint density at radius 3 is 2.53 bits per heavy atom. The molecule has 1 saturated heterocycles. The zero-order valence-electron chi connectivity index (χ0n) is 17.5. The Balaban J connectivity index is 0.00000320. The van der Waals surface area contributed by atoms with Crippen LogP contribution in [-0.4, -0.2) is 49.5 Å². The van der Waals surface area contributed by atoms with Crippen molar-refractivity contribution in [1.82, 2.24) is 20.9 Å². The maximum Gasteiger partial charge on any atom is 0.242 e. The number of nitrogens with one attached hydrogen (secondary N) is 3. The molecule has 0 spiro atoms. The van der Waals surface area contributed by atoms with Crippen LogP contribution in [0.25, 0.3) is 0 Å². The Hall–Kier alpha value is -1.65. The molecule has 3 rings (SSSR count). The van der Waals surface area contributed by atoms with Gasteiger partial charge in [-0.1, -0.05) is 36.4 Å². The van der Waals surface area contributed by atoms with Crippen LogP contribution in [0.4, 0.5) is 0 Å². The van der Waals surface area contributed by atoms with Crippen LogP contribution in [0.5, 0.6) is 0 Å². The molecule has 1 fully saturated rings. The fourth-order valence-electron chi connectivity index (χ4n) is 3.48. The number of aliphatic imine (C=N–C) groups is 1. The van der Waals surface area contributed by atoms with Crippen molar-refractivity contribution < 1.29 is 4.79 Å². The maximum atomic E-state index is 12.2. The molecule has 1 amide bonds. The Morgan fingerprint density at radius 2 is 1.87 bits per heavy atom. The van der Waals surface area contributed by atoms with Crippen LogP contribution in [-0.2, 0) is 11.3 Å². The average molecular weight is 542 g/mol. The zero-order chi connectivity index (χ0) is 20.3. The number of guanidine groups is 1. The number of amides is 1. The molecule has 0 saturated carbocycles. The molecule has 164 valence electrons. The Labute approximate surface area is 200 Å². The molecule has 1 unspecified atom stereocenters. The van der Waals surface area contributed by atoms with E-state index in [0.717, 1.165) is 31.7 Å². The van der Waals surface area contributed by atoms with Crippen LogP contribution in [0.1, 0.15) is 36.2 Å². The number of rotatable bonds is 9. The van der Waals surface area contributed by atoms with Gasteiger partial charge in [-0.2, -0.15) is 0 Å². The summed E-state index contributed by atoms with van der Waals surface area (Å²) in [5.74, 6) is 0.600. The first-order valence-electron chi connectivity index (χ1n) is 10.4. The Kier molecular flexibility index (Phi) is 11.2. The van der Waals surface area contributed by atoms with E-state index in [1.165, 1.54) is 17.7 Å². The second-order valence-electron chi connectivity index (χ2n) is 7.11. The molecule has 6 nitrogen and oxygen atoms in total. The number of likely N-dealkylation sites (tertiary alicyclic amines) is 1. The summed E-state index contributed by atoms with van der Waals surface area (Å²) in [5.41, 5.74) is 1.08. The van der Waals surface area contributed by atoms with Crippen molar-refractivity contribution in [3.63, 3.8) is 0 Å². The number of thiophene rings is 1. The standard InChI is InChI=1S/C22H31N5OS.HI/c1-2-23-22(26-17-21(28)24-15-18-9-4-3-5-10-18)25-16-19(20-11-8-14-29-20)27-12-6-7-13-27;/h3-5,8-11,14,19H,2,6-7,12-13,15-17H2,1H3,(H,24,28)(H2,23,25,26);1H. The first kappa shape index (κ1) is 24.6. The normalized spacial score (nSPS) is 15.3. The van der Waals surface area contributed by atoms with E-state index >= 15 is 0 Å². The van der Waals surface area contributed by atoms with Crippen molar-refractivity contribution in [2.24, 2.45) is 4.99 Å². The summed E-state index contributed by atoms with van der Waals surface area (Å²) in [6.45, 7) is 6.47. The number of hydrogen-bond acceptors (Lipinski definition) is 4. The highest BCUT2D eigenvalue weighted by Gasteiger charge is 2.24. The number of hydrogen-bond donors (Lipinski definition) is 3. The minimum Gasteiger partial charge on any atom is -0.357 e. The molecular formula is C22H32IN5OS. The molecule has 1 aromatic heterocycles. The highest BCUT2D eigenvalue weighted by molar-refractivity contribution is 14.0. The molecule has 0 bridgehead atoms. The lowest BCUT2D eigenvalue weighted by molar-refractivity contribution is -0.119. The van der Waals surface area contributed by atoms with Gasteiger partial charge in [0.05, 0.1) is 6.04 Å². The van der Waals surface area contributed by atoms with Crippen LogP contribution in [0.2, 0.25) is 0 Å². The lowest BCUT2D eigenvalue weighted by atomic mass is 10.2. The molecule has 1 atom stereocenters. The topological polar surface area (TPSA) is 68.8 Å².